The molecule has 1 saturated heterocycles. The Bertz CT molecular complexity index is 976. The Labute approximate surface area is 192 Å². The van der Waals surface area contributed by atoms with Gasteiger partial charge in [-0.25, -0.2) is 4.79 Å². The van der Waals surface area contributed by atoms with Crippen molar-refractivity contribution < 1.29 is 52.6 Å². The summed E-state index contributed by atoms with van der Waals surface area (Å²) in [5, 5.41) is 13.2. The van der Waals surface area contributed by atoms with Gasteiger partial charge < -0.3 is 29.0 Å². The van der Waals surface area contributed by atoms with Gasteiger partial charge in [0.1, 0.15) is 0 Å². The molecule has 5 atom stereocenters. The molecule has 1 heterocycles. The molecule has 1 aliphatic heterocycles. The molecule has 14 nitrogen and oxygen atoms in total. The standard InChI is InChI=1S/C20H22N2O12/c1-9(23)31-14-15(32-10(2)24)17(20(27)30-4)34-19(16(14)33-11(3)25)21-18(26)12-5-7-13(8-6-12)22(28)29/h5-8,14-17,19H,1-4H3,(H,21,26)/t14-,15-,16+,17-,19+/m0/s1. The number of hydrogen-bond donors (Lipinski definition) is 1. The van der Waals surface area contributed by atoms with Gasteiger partial charge in [-0.2, -0.15) is 0 Å². The lowest BCUT2D eigenvalue weighted by Gasteiger charge is -2.43. The number of methoxy groups -OCH3 is 1. The van der Waals surface area contributed by atoms with Crippen LogP contribution in [0.5, 0.6) is 0 Å². The van der Waals surface area contributed by atoms with Crippen LogP contribution in [0.2, 0.25) is 0 Å². The number of esters is 4. The van der Waals surface area contributed by atoms with Gasteiger partial charge in [-0.1, -0.05) is 0 Å². The van der Waals surface area contributed by atoms with Gasteiger partial charge >= 0.3 is 23.9 Å². The summed E-state index contributed by atoms with van der Waals surface area (Å²) < 4.78 is 25.7. The number of nitro groups is 1. The molecule has 1 fully saturated rings. The van der Waals surface area contributed by atoms with Crippen LogP contribution in [0.4, 0.5) is 5.69 Å². The highest BCUT2D eigenvalue weighted by Crippen LogP contribution is 2.29. The molecule has 34 heavy (non-hydrogen) atoms. The predicted octanol–water partition coefficient (Wildman–Crippen LogP) is 0.0176. The quantitative estimate of drug-likeness (QED) is 0.238. The number of hydrogen-bond acceptors (Lipinski definition) is 12. The zero-order chi connectivity index (χ0) is 25.6. The lowest BCUT2D eigenvalue weighted by atomic mass is 9.96. The summed E-state index contributed by atoms with van der Waals surface area (Å²) in [6.07, 6.45) is -7.94. The molecule has 0 bridgehead atoms. The average Bonchev–Trinajstić information content (AvgIpc) is 2.76. The Hall–Kier alpha value is -4.07. The molecule has 1 aliphatic rings. The lowest BCUT2D eigenvalue weighted by Crippen LogP contribution is -2.67. The maximum atomic E-state index is 12.7. The van der Waals surface area contributed by atoms with Crippen molar-refractivity contribution in [2.75, 3.05) is 7.11 Å². The van der Waals surface area contributed by atoms with Gasteiger partial charge in [0.2, 0.25) is 0 Å². The van der Waals surface area contributed by atoms with Crippen molar-refractivity contribution in [3.8, 4) is 0 Å². The highest BCUT2D eigenvalue weighted by Gasteiger charge is 2.55. The van der Waals surface area contributed by atoms with Gasteiger partial charge in [-0.15, -0.1) is 0 Å². The second kappa shape index (κ2) is 11.2. The monoisotopic (exact) mass is 482 g/mol. The van der Waals surface area contributed by atoms with Crippen molar-refractivity contribution in [3.05, 3.63) is 39.9 Å². The highest BCUT2D eigenvalue weighted by atomic mass is 16.7. The molecule has 1 aromatic carbocycles. The molecule has 1 aromatic rings. The number of carbonyl (C=O) groups is 5. The number of nitrogens with one attached hydrogen (secondary N) is 1. The molecule has 0 radical (unpaired) electrons. The zero-order valence-corrected chi connectivity index (χ0v) is 18.5. The minimum atomic E-state index is -1.67. The third kappa shape index (κ3) is 6.48. The third-order valence-electron chi connectivity index (χ3n) is 4.49. The van der Waals surface area contributed by atoms with Crippen LogP contribution < -0.4 is 5.32 Å². The van der Waals surface area contributed by atoms with Crippen LogP contribution in [-0.2, 0) is 42.9 Å². The van der Waals surface area contributed by atoms with Crippen molar-refractivity contribution in [3.63, 3.8) is 0 Å². The normalized spacial score (nSPS) is 23.7. The van der Waals surface area contributed by atoms with Gasteiger partial charge in [0.05, 0.1) is 12.0 Å². The molecular formula is C20H22N2O12. The predicted molar refractivity (Wildman–Crippen MR) is 108 cm³/mol. The van der Waals surface area contributed by atoms with Crippen molar-refractivity contribution in [1.82, 2.24) is 5.32 Å². The molecule has 0 saturated carbocycles. The first-order valence-electron chi connectivity index (χ1n) is 9.74. The Kier molecular flexibility index (Phi) is 8.61. The molecule has 0 aromatic heterocycles. The van der Waals surface area contributed by atoms with Gasteiger partial charge in [0.25, 0.3) is 11.6 Å². The van der Waals surface area contributed by atoms with E-state index in [0.717, 1.165) is 40.0 Å². The minimum Gasteiger partial charge on any atom is -0.467 e. The Balaban J connectivity index is 2.45. The second-order valence-electron chi connectivity index (χ2n) is 7.00. The largest absolute Gasteiger partial charge is 0.467 e. The third-order valence-corrected chi connectivity index (χ3v) is 4.49. The van der Waals surface area contributed by atoms with E-state index >= 15 is 0 Å². The summed E-state index contributed by atoms with van der Waals surface area (Å²) >= 11 is 0. The summed E-state index contributed by atoms with van der Waals surface area (Å²) in [6.45, 7) is 3.10. The van der Waals surface area contributed by atoms with E-state index in [1.807, 2.05) is 0 Å². The first-order chi connectivity index (χ1) is 15.9. The number of amides is 1. The molecule has 2 rings (SSSR count). The molecule has 0 aliphatic carbocycles. The van der Waals surface area contributed by atoms with Crippen LogP contribution in [0.15, 0.2) is 24.3 Å². The number of ether oxygens (including phenoxy) is 5. The van der Waals surface area contributed by atoms with Crippen molar-refractivity contribution in [2.24, 2.45) is 0 Å². The molecule has 1 N–H and O–H groups in total. The summed E-state index contributed by atoms with van der Waals surface area (Å²) in [4.78, 5) is 70.4. The average molecular weight is 482 g/mol. The fourth-order valence-electron chi connectivity index (χ4n) is 3.18. The summed E-state index contributed by atoms with van der Waals surface area (Å²) in [5.41, 5.74) is -0.287. The summed E-state index contributed by atoms with van der Waals surface area (Å²) in [6, 6.07) is 4.52. The van der Waals surface area contributed by atoms with Crippen LogP contribution in [0, 0.1) is 10.1 Å². The van der Waals surface area contributed by atoms with E-state index in [-0.39, 0.29) is 11.3 Å². The first-order valence-corrected chi connectivity index (χ1v) is 9.74. The number of nitro benzene ring substituents is 1. The fourth-order valence-corrected chi connectivity index (χ4v) is 3.18. The molecule has 1 amide bonds. The minimum absolute atomic E-state index is 0.0310. The number of non-ortho nitro benzene ring substituents is 1. The number of carbonyl (C=O) groups excluding carboxylic acids is 5. The number of nitrogens with zero attached hydrogens (tertiary/aromatic N) is 1. The maximum absolute atomic E-state index is 12.7. The van der Waals surface area contributed by atoms with E-state index < -0.39 is 65.4 Å². The van der Waals surface area contributed by atoms with Gasteiger partial charge in [0, 0.05) is 38.5 Å². The second-order valence-corrected chi connectivity index (χ2v) is 7.00. The van der Waals surface area contributed by atoms with Gasteiger partial charge in [-0.05, 0) is 12.1 Å². The summed E-state index contributed by atoms with van der Waals surface area (Å²) in [7, 11) is 1.03. The van der Waals surface area contributed by atoms with E-state index in [4.69, 9.17) is 18.9 Å². The van der Waals surface area contributed by atoms with Crippen molar-refractivity contribution in [1.29, 1.82) is 0 Å². The van der Waals surface area contributed by atoms with E-state index in [1.165, 1.54) is 12.1 Å². The van der Waals surface area contributed by atoms with E-state index in [9.17, 15) is 34.1 Å². The summed E-state index contributed by atoms with van der Waals surface area (Å²) in [5.74, 6) is -4.45. The number of rotatable bonds is 7. The Morgan fingerprint density at radius 2 is 1.38 bits per heavy atom. The van der Waals surface area contributed by atoms with Crippen LogP contribution in [0.25, 0.3) is 0 Å². The van der Waals surface area contributed by atoms with E-state index in [0.29, 0.717) is 0 Å². The fraction of sp³-hybridized carbons (Fsp3) is 0.450. The smallest absolute Gasteiger partial charge is 0.339 e. The lowest BCUT2D eigenvalue weighted by molar-refractivity contribution is -0.384. The van der Waals surface area contributed by atoms with Crippen LogP contribution in [-0.4, -0.2) is 72.5 Å². The molecule has 184 valence electrons. The molecular weight excluding hydrogens is 460 g/mol. The van der Waals surface area contributed by atoms with E-state index in [1.54, 1.807) is 0 Å². The van der Waals surface area contributed by atoms with Crippen LogP contribution in [0.3, 0.4) is 0 Å². The first kappa shape index (κ1) is 26.2. The van der Waals surface area contributed by atoms with E-state index in [2.05, 4.69) is 10.1 Å². The zero-order valence-electron chi connectivity index (χ0n) is 18.5. The Morgan fingerprint density at radius 1 is 0.882 bits per heavy atom. The van der Waals surface area contributed by atoms with Gasteiger partial charge in [0.15, 0.2) is 30.6 Å². The number of benzene rings is 1. The topological polar surface area (TPSA) is 187 Å². The molecule has 0 unspecified atom stereocenters. The van der Waals surface area contributed by atoms with Crippen molar-refractivity contribution in [2.45, 2.75) is 51.4 Å². The van der Waals surface area contributed by atoms with Crippen molar-refractivity contribution >= 4 is 35.5 Å². The van der Waals surface area contributed by atoms with Gasteiger partial charge in [-0.3, -0.25) is 29.3 Å². The van der Waals surface area contributed by atoms with Crippen LogP contribution in [0.1, 0.15) is 31.1 Å². The maximum Gasteiger partial charge on any atom is 0.339 e. The molecule has 0 spiro atoms. The van der Waals surface area contributed by atoms with Crippen LogP contribution >= 0.6 is 0 Å². The highest BCUT2D eigenvalue weighted by molar-refractivity contribution is 5.94. The Morgan fingerprint density at radius 3 is 1.85 bits per heavy atom. The SMILES string of the molecule is COC(=O)[C@H]1O[C@@H](NC(=O)c2ccc([N+](=O)[O-])cc2)[C@H](OC(C)=O)[C@@H](OC(C)=O)[C@@H]1OC(C)=O. The molecule has 14 heteroatoms.